The average molecular weight is 468 g/mol. The minimum absolute atomic E-state index is 0.0420. The third kappa shape index (κ3) is 5.04. The lowest BCUT2D eigenvalue weighted by Crippen LogP contribution is -2.18. The predicted octanol–water partition coefficient (Wildman–Crippen LogP) is 4.91. The van der Waals surface area contributed by atoms with E-state index in [1.54, 1.807) is 42.5 Å². The molecule has 33 heavy (non-hydrogen) atoms. The molecule has 3 aromatic carbocycles. The van der Waals surface area contributed by atoms with Gasteiger partial charge in [0.15, 0.2) is 11.5 Å². The second-order valence-electron chi connectivity index (χ2n) is 7.09. The fourth-order valence-electron chi connectivity index (χ4n) is 3.22. The molecule has 10 heteroatoms. The van der Waals surface area contributed by atoms with Crippen LogP contribution in [0, 0.1) is 10.1 Å². The molecule has 1 aliphatic heterocycles. The Labute approximate surface area is 193 Å². The van der Waals surface area contributed by atoms with E-state index in [-0.39, 0.29) is 27.5 Å². The Morgan fingerprint density at radius 1 is 0.879 bits per heavy atom. The van der Waals surface area contributed by atoms with Gasteiger partial charge < -0.3 is 20.1 Å². The Bertz CT molecular complexity index is 1250. The zero-order valence-corrected chi connectivity index (χ0v) is 17.9. The van der Waals surface area contributed by atoms with E-state index >= 15 is 0 Å². The van der Waals surface area contributed by atoms with Gasteiger partial charge in [-0.3, -0.25) is 19.7 Å². The SMILES string of the molecule is O=C(Nc1ccccc1C(=O)Nc1ccc2c(c1)OCCCO2)c1ccc([N+](=O)[O-])cc1Cl. The highest BCUT2D eigenvalue weighted by atomic mass is 35.5. The first-order valence-electron chi connectivity index (χ1n) is 9.98. The number of hydrogen-bond donors (Lipinski definition) is 2. The van der Waals surface area contributed by atoms with Gasteiger partial charge in [0.2, 0.25) is 0 Å². The van der Waals surface area contributed by atoms with Gasteiger partial charge in [-0.1, -0.05) is 23.7 Å². The normalized spacial score (nSPS) is 12.4. The zero-order valence-electron chi connectivity index (χ0n) is 17.2. The topological polar surface area (TPSA) is 120 Å². The number of nitrogens with one attached hydrogen (secondary N) is 2. The molecule has 1 aliphatic rings. The van der Waals surface area contributed by atoms with Gasteiger partial charge in [-0.2, -0.15) is 0 Å². The number of halogens is 1. The van der Waals surface area contributed by atoms with Gasteiger partial charge in [0.25, 0.3) is 17.5 Å². The Morgan fingerprint density at radius 3 is 2.36 bits per heavy atom. The highest BCUT2D eigenvalue weighted by Crippen LogP contribution is 2.32. The maximum atomic E-state index is 12.9. The first-order valence-corrected chi connectivity index (χ1v) is 10.4. The van der Waals surface area contributed by atoms with E-state index in [1.165, 1.54) is 12.1 Å². The molecule has 0 aromatic heterocycles. The van der Waals surface area contributed by atoms with E-state index in [9.17, 15) is 19.7 Å². The summed E-state index contributed by atoms with van der Waals surface area (Å²) in [6, 6.07) is 15.1. The van der Waals surface area contributed by atoms with E-state index in [0.29, 0.717) is 30.4 Å². The molecular formula is C23H18ClN3O6. The number of amides is 2. The number of rotatable bonds is 5. The molecule has 0 saturated carbocycles. The Morgan fingerprint density at radius 2 is 1.61 bits per heavy atom. The number of nitrogens with zero attached hydrogens (tertiary/aromatic N) is 1. The molecule has 0 radical (unpaired) electrons. The summed E-state index contributed by atoms with van der Waals surface area (Å²) in [4.78, 5) is 35.9. The Kier molecular flexibility index (Phi) is 6.41. The van der Waals surface area contributed by atoms with Gasteiger partial charge in [-0.15, -0.1) is 0 Å². The first kappa shape index (κ1) is 22.1. The molecule has 2 N–H and O–H groups in total. The molecule has 2 amide bonds. The summed E-state index contributed by atoms with van der Waals surface area (Å²) in [5, 5.41) is 16.2. The van der Waals surface area contributed by atoms with Crippen molar-refractivity contribution in [1.29, 1.82) is 0 Å². The molecular weight excluding hydrogens is 450 g/mol. The molecule has 168 valence electrons. The molecule has 0 saturated heterocycles. The molecule has 1 heterocycles. The number of nitro benzene ring substituents is 1. The van der Waals surface area contributed by atoms with E-state index in [0.717, 1.165) is 12.5 Å². The second kappa shape index (κ2) is 9.58. The summed E-state index contributed by atoms with van der Waals surface area (Å²) in [6.45, 7) is 1.08. The van der Waals surface area contributed by atoms with Gasteiger partial charge in [-0.25, -0.2) is 0 Å². The van der Waals surface area contributed by atoms with Crippen LogP contribution in [0.1, 0.15) is 27.1 Å². The predicted molar refractivity (Wildman–Crippen MR) is 123 cm³/mol. The van der Waals surface area contributed by atoms with Gasteiger partial charge in [0.05, 0.1) is 40.0 Å². The monoisotopic (exact) mass is 467 g/mol. The van der Waals surface area contributed by atoms with E-state index in [1.807, 2.05) is 0 Å². The van der Waals surface area contributed by atoms with Crippen molar-refractivity contribution in [1.82, 2.24) is 0 Å². The van der Waals surface area contributed by atoms with Crippen molar-refractivity contribution in [2.24, 2.45) is 0 Å². The molecule has 0 spiro atoms. The third-order valence-electron chi connectivity index (χ3n) is 4.83. The lowest BCUT2D eigenvalue weighted by atomic mass is 10.1. The van der Waals surface area contributed by atoms with Crippen molar-refractivity contribution >= 4 is 40.5 Å². The largest absolute Gasteiger partial charge is 0.490 e. The van der Waals surface area contributed by atoms with Crippen LogP contribution in [0.5, 0.6) is 11.5 Å². The summed E-state index contributed by atoms with van der Waals surface area (Å²) in [6.07, 6.45) is 0.766. The zero-order chi connectivity index (χ0) is 23.4. The van der Waals surface area contributed by atoms with Crippen LogP contribution in [0.3, 0.4) is 0 Å². The number of carbonyl (C=O) groups is 2. The standard InChI is InChI=1S/C23H18ClN3O6/c24-18-13-15(27(30)31)7-8-16(18)22(28)26-19-5-2-1-4-17(19)23(29)25-14-6-9-20-21(12-14)33-11-3-10-32-20/h1-2,4-9,12-13H,3,10-11H2,(H,25,29)(H,26,28). The van der Waals surface area contributed by atoms with Gasteiger partial charge in [0.1, 0.15) is 0 Å². The summed E-state index contributed by atoms with van der Waals surface area (Å²) in [7, 11) is 0. The average Bonchev–Trinajstić information content (AvgIpc) is 3.04. The fourth-order valence-corrected chi connectivity index (χ4v) is 3.48. The lowest BCUT2D eigenvalue weighted by Gasteiger charge is -2.13. The quantitative estimate of drug-likeness (QED) is 0.406. The van der Waals surface area contributed by atoms with Crippen LogP contribution in [0.15, 0.2) is 60.7 Å². The molecule has 0 bridgehead atoms. The summed E-state index contributed by atoms with van der Waals surface area (Å²) < 4.78 is 11.2. The van der Waals surface area contributed by atoms with Gasteiger partial charge in [0, 0.05) is 30.3 Å². The van der Waals surface area contributed by atoms with Crippen molar-refractivity contribution in [2.45, 2.75) is 6.42 Å². The van der Waals surface area contributed by atoms with Crippen LogP contribution >= 0.6 is 11.6 Å². The number of carbonyl (C=O) groups excluding carboxylic acids is 2. The molecule has 0 atom stereocenters. The number of anilines is 2. The third-order valence-corrected chi connectivity index (χ3v) is 5.15. The Balaban J connectivity index is 1.53. The maximum Gasteiger partial charge on any atom is 0.270 e. The summed E-state index contributed by atoms with van der Waals surface area (Å²) in [5.41, 5.74) is 0.787. The van der Waals surface area contributed by atoms with Crippen molar-refractivity contribution < 1.29 is 24.0 Å². The number of ether oxygens (including phenoxy) is 2. The number of benzene rings is 3. The minimum atomic E-state index is -0.606. The fraction of sp³-hybridized carbons (Fsp3) is 0.130. The molecule has 0 aliphatic carbocycles. The Hall–Kier alpha value is -4.11. The van der Waals surface area contributed by atoms with E-state index in [4.69, 9.17) is 21.1 Å². The maximum absolute atomic E-state index is 12.9. The van der Waals surface area contributed by atoms with E-state index in [2.05, 4.69) is 10.6 Å². The van der Waals surface area contributed by atoms with Crippen molar-refractivity contribution in [3.63, 3.8) is 0 Å². The first-order chi connectivity index (χ1) is 15.9. The van der Waals surface area contributed by atoms with Crippen LogP contribution in [0.25, 0.3) is 0 Å². The summed E-state index contributed by atoms with van der Waals surface area (Å²) in [5.74, 6) is 0.0961. The van der Waals surface area contributed by atoms with Crippen molar-refractivity contribution in [3.8, 4) is 11.5 Å². The molecule has 0 unspecified atom stereocenters. The highest BCUT2D eigenvalue weighted by Gasteiger charge is 2.19. The van der Waals surface area contributed by atoms with Crippen LogP contribution in [-0.2, 0) is 0 Å². The lowest BCUT2D eigenvalue weighted by molar-refractivity contribution is -0.384. The smallest absolute Gasteiger partial charge is 0.270 e. The number of non-ortho nitro benzene ring substituents is 1. The number of hydrogen-bond acceptors (Lipinski definition) is 6. The van der Waals surface area contributed by atoms with Crippen molar-refractivity contribution in [3.05, 3.63) is 86.9 Å². The number of fused-ring (bicyclic) bond motifs is 1. The molecule has 3 aromatic rings. The van der Waals surface area contributed by atoms with Gasteiger partial charge in [-0.05, 0) is 30.3 Å². The molecule has 4 rings (SSSR count). The van der Waals surface area contributed by atoms with Crippen LogP contribution in [-0.4, -0.2) is 30.0 Å². The number of nitro groups is 1. The highest BCUT2D eigenvalue weighted by molar-refractivity contribution is 6.34. The molecule has 0 fully saturated rings. The molecule has 9 nitrogen and oxygen atoms in total. The van der Waals surface area contributed by atoms with Crippen LogP contribution in [0.4, 0.5) is 17.1 Å². The van der Waals surface area contributed by atoms with E-state index < -0.39 is 16.7 Å². The van der Waals surface area contributed by atoms with Crippen LogP contribution in [0.2, 0.25) is 5.02 Å². The van der Waals surface area contributed by atoms with Crippen LogP contribution < -0.4 is 20.1 Å². The second-order valence-corrected chi connectivity index (χ2v) is 7.49. The summed E-state index contributed by atoms with van der Waals surface area (Å²) >= 11 is 6.05. The number of para-hydroxylation sites is 1. The minimum Gasteiger partial charge on any atom is -0.490 e. The van der Waals surface area contributed by atoms with Gasteiger partial charge >= 0.3 is 0 Å². The van der Waals surface area contributed by atoms with Crippen molar-refractivity contribution in [2.75, 3.05) is 23.8 Å².